The topological polar surface area (TPSA) is 74.6 Å². The fraction of sp³-hybridized carbons (Fsp3) is 0.400. The molecule has 6 heteroatoms. The van der Waals surface area contributed by atoms with Crippen LogP contribution in [0.25, 0.3) is 0 Å². The Bertz CT molecular complexity index is 767. The van der Waals surface area contributed by atoms with Gasteiger partial charge in [-0.25, -0.2) is 4.79 Å². The number of benzene rings is 1. The molecule has 3 heterocycles. The standard InChI is InChI=1S/C20H23N3O3/c24-18-20(22-19(25)21-18,12-15-4-2-1-3-5-15)17-6-9-23(10-7-17)13-16-8-11-26-14-16/h1-5,8,11,14,17H,6-7,9-10,12-13H2,(H2,21,22,24,25). The number of urea groups is 1. The van der Waals surface area contributed by atoms with Crippen molar-refractivity contribution in [1.82, 2.24) is 15.5 Å². The molecule has 2 aliphatic rings. The molecule has 3 amide bonds. The average Bonchev–Trinajstić information content (AvgIpc) is 3.25. The van der Waals surface area contributed by atoms with Crippen molar-refractivity contribution in [3.05, 3.63) is 60.1 Å². The number of nitrogens with one attached hydrogen (secondary N) is 2. The number of nitrogens with zero attached hydrogens (tertiary/aromatic N) is 1. The zero-order chi connectivity index (χ0) is 18.0. The molecule has 2 saturated heterocycles. The van der Waals surface area contributed by atoms with Crippen molar-refractivity contribution in [2.75, 3.05) is 13.1 Å². The molecule has 0 radical (unpaired) electrons. The van der Waals surface area contributed by atoms with Gasteiger partial charge in [0, 0.05) is 18.5 Å². The lowest BCUT2D eigenvalue weighted by Gasteiger charge is -2.40. The number of rotatable bonds is 5. The molecule has 1 aromatic heterocycles. The summed E-state index contributed by atoms with van der Waals surface area (Å²) in [5.74, 6) is -0.0746. The number of carbonyl (C=O) groups excluding carboxylic acids is 2. The predicted molar refractivity (Wildman–Crippen MR) is 96.3 cm³/mol. The molecule has 2 aromatic rings. The Morgan fingerprint density at radius 1 is 1.08 bits per heavy atom. The third-order valence-corrected chi connectivity index (χ3v) is 5.57. The van der Waals surface area contributed by atoms with Gasteiger partial charge in [0.2, 0.25) is 0 Å². The number of piperidine rings is 1. The van der Waals surface area contributed by atoms with Gasteiger partial charge in [-0.1, -0.05) is 30.3 Å². The minimum atomic E-state index is -0.847. The van der Waals surface area contributed by atoms with E-state index in [1.165, 1.54) is 0 Å². The number of imide groups is 1. The van der Waals surface area contributed by atoms with E-state index >= 15 is 0 Å². The molecule has 1 unspecified atom stereocenters. The van der Waals surface area contributed by atoms with Crippen molar-refractivity contribution in [3.63, 3.8) is 0 Å². The van der Waals surface area contributed by atoms with Crippen LogP contribution in [0.1, 0.15) is 24.0 Å². The van der Waals surface area contributed by atoms with Crippen molar-refractivity contribution in [3.8, 4) is 0 Å². The Labute approximate surface area is 152 Å². The fourth-order valence-electron chi connectivity index (χ4n) is 4.20. The fourth-order valence-corrected chi connectivity index (χ4v) is 4.20. The second kappa shape index (κ2) is 6.96. The minimum absolute atomic E-state index is 0.120. The lowest BCUT2D eigenvalue weighted by Crippen LogP contribution is -2.57. The molecule has 2 fully saturated rings. The molecular weight excluding hydrogens is 330 g/mol. The zero-order valence-corrected chi connectivity index (χ0v) is 14.6. The van der Waals surface area contributed by atoms with E-state index in [1.54, 1.807) is 12.5 Å². The molecule has 1 aromatic carbocycles. The lowest BCUT2D eigenvalue weighted by atomic mass is 9.74. The maximum atomic E-state index is 12.7. The first kappa shape index (κ1) is 16.8. The highest BCUT2D eigenvalue weighted by molar-refractivity contribution is 6.07. The summed E-state index contributed by atoms with van der Waals surface area (Å²) in [6, 6.07) is 11.5. The van der Waals surface area contributed by atoms with Crippen molar-refractivity contribution in [2.24, 2.45) is 5.92 Å². The van der Waals surface area contributed by atoms with Crippen LogP contribution in [-0.2, 0) is 17.8 Å². The summed E-state index contributed by atoms with van der Waals surface area (Å²) in [4.78, 5) is 27.0. The van der Waals surface area contributed by atoms with Crippen LogP contribution in [0.2, 0.25) is 0 Å². The summed E-state index contributed by atoms with van der Waals surface area (Å²) in [6.45, 7) is 2.65. The van der Waals surface area contributed by atoms with Crippen LogP contribution in [-0.4, -0.2) is 35.5 Å². The van der Waals surface area contributed by atoms with E-state index in [0.29, 0.717) is 6.42 Å². The Kier molecular flexibility index (Phi) is 4.51. The summed E-state index contributed by atoms with van der Waals surface area (Å²) in [5.41, 5.74) is 1.38. The van der Waals surface area contributed by atoms with Gasteiger partial charge in [-0.15, -0.1) is 0 Å². The highest BCUT2D eigenvalue weighted by atomic mass is 16.3. The maximum absolute atomic E-state index is 12.7. The Balaban J connectivity index is 1.49. The second-order valence-electron chi connectivity index (χ2n) is 7.22. The first-order valence-corrected chi connectivity index (χ1v) is 9.07. The molecular formula is C20H23N3O3. The van der Waals surface area contributed by atoms with Crippen molar-refractivity contribution >= 4 is 11.9 Å². The SMILES string of the molecule is O=C1NC(=O)C(Cc2ccccc2)(C2CCN(Cc3ccoc3)CC2)N1. The normalized spacial score (nSPS) is 24.5. The number of hydrogen-bond acceptors (Lipinski definition) is 4. The van der Waals surface area contributed by atoms with E-state index in [-0.39, 0.29) is 17.9 Å². The number of carbonyl (C=O) groups is 2. The molecule has 0 spiro atoms. The number of likely N-dealkylation sites (tertiary alicyclic amines) is 1. The highest BCUT2D eigenvalue weighted by Gasteiger charge is 2.52. The van der Waals surface area contributed by atoms with Crippen LogP contribution in [0.3, 0.4) is 0 Å². The van der Waals surface area contributed by atoms with Gasteiger partial charge in [-0.3, -0.25) is 15.0 Å². The van der Waals surface area contributed by atoms with Crippen molar-refractivity contribution in [1.29, 1.82) is 0 Å². The van der Waals surface area contributed by atoms with Gasteiger partial charge >= 0.3 is 6.03 Å². The van der Waals surface area contributed by atoms with E-state index in [9.17, 15) is 9.59 Å². The Morgan fingerprint density at radius 3 is 2.46 bits per heavy atom. The van der Waals surface area contributed by atoms with Gasteiger partial charge in [-0.05, 0) is 43.5 Å². The lowest BCUT2D eigenvalue weighted by molar-refractivity contribution is -0.126. The molecule has 26 heavy (non-hydrogen) atoms. The highest BCUT2D eigenvalue weighted by Crippen LogP contribution is 2.34. The monoisotopic (exact) mass is 353 g/mol. The molecule has 0 bridgehead atoms. The van der Waals surface area contributed by atoms with Crippen LogP contribution in [0.5, 0.6) is 0 Å². The molecule has 2 N–H and O–H groups in total. The Hall–Kier alpha value is -2.60. The average molecular weight is 353 g/mol. The first-order chi connectivity index (χ1) is 12.7. The van der Waals surface area contributed by atoms with Crippen LogP contribution >= 0.6 is 0 Å². The first-order valence-electron chi connectivity index (χ1n) is 9.07. The van der Waals surface area contributed by atoms with Gasteiger partial charge in [0.1, 0.15) is 5.54 Å². The van der Waals surface area contributed by atoms with E-state index in [1.807, 2.05) is 36.4 Å². The van der Waals surface area contributed by atoms with E-state index in [0.717, 1.165) is 43.6 Å². The Morgan fingerprint density at radius 2 is 1.85 bits per heavy atom. The van der Waals surface area contributed by atoms with Crippen LogP contribution in [0, 0.1) is 5.92 Å². The molecule has 136 valence electrons. The summed E-state index contributed by atoms with van der Waals surface area (Å²) in [5, 5.41) is 5.42. The third kappa shape index (κ3) is 3.24. The van der Waals surface area contributed by atoms with E-state index in [2.05, 4.69) is 15.5 Å². The molecule has 4 rings (SSSR count). The van der Waals surface area contributed by atoms with Gasteiger partial charge in [0.25, 0.3) is 5.91 Å². The molecule has 6 nitrogen and oxygen atoms in total. The van der Waals surface area contributed by atoms with E-state index < -0.39 is 5.54 Å². The quantitative estimate of drug-likeness (QED) is 0.809. The number of hydrogen-bond donors (Lipinski definition) is 2. The van der Waals surface area contributed by atoms with Crippen molar-refractivity contribution in [2.45, 2.75) is 31.3 Å². The number of amides is 3. The summed E-state index contributed by atoms with van der Waals surface area (Å²) in [7, 11) is 0. The molecule has 0 aliphatic carbocycles. The van der Waals surface area contributed by atoms with Crippen molar-refractivity contribution < 1.29 is 14.0 Å². The zero-order valence-electron chi connectivity index (χ0n) is 14.6. The molecule has 2 aliphatic heterocycles. The summed E-state index contributed by atoms with van der Waals surface area (Å²) < 4.78 is 5.14. The summed E-state index contributed by atoms with van der Waals surface area (Å²) >= 11 is 0. The van der Waals surface area contributed by atoms with Gasteiger partial charge in [-0.2, -0.15) is 0 Å². The van der Waals surface area contributed by atoms with E-state index in [4.69, 9.17) is 4.42 Å². The molecule has 1 atom stereocenters. The third-order valence-electron chi connectivity index (χ3n) is 5.57. The number of furan rings is 1. The minimum Gasteiger partial charge on any atom is -0.472 e. The van der Waals surface area contributed by atoms with Gasteiger partial charge in [0.05, 0.1) is 12.5 Å². The predicted octanol–water partition coefficient (Wildman–Crippen LogP) is 2.31. The van der Waals surface area contributed by atoms with Gasteiger partial charge < -0.3 is 9.73 Å². The maximum Gasteiger partial charge on any atom is 0.322 e. The van der Waals surface area contributed by atoms with Crippen LogP contribution in [0.4, 0.5) is 4.79 Å². The summed E-state index contributed by atoms with van der Waals surface area (Å²) in [6.07, 6.45) is 5.73. The largest absolute Gasteiger partial charge is 0.472 e. The smallest absolute Gasteiger partial charge is 0.322 e. The van der Waals surface area contributed by atoms with Crippen LogP contribution in [0.15, 0.2) is 53.3 Å². The van der Waals surface area contributed by atoms with Gasteiger partial charge in [0.15, 0.2) is 0 Å². The second-order valence-corrected chi connectivity index (χ2v) is 7.22. The molecule has 0 saturated carbocycles. The van der Waals surface area contributed by atoms with Crippen LogP contribution < -0.4 is 10.6 Å².